The van der Waals surface area contributed by atoms with Crippen LogP contribution in [0.25, 0.3) is 0 Å². The summed E-state index contributed by atoms with van der Waals surface area (Å²) in [6, 6.07) is 0. The second-order valence-electron chi connectivity index (χ2n) is 3.16. The molecule has 2 nitrogen and oxygen atoms in total. The summed E-state index contributed by atoms with van der Waals surface area (Å²) in [6.07, 6.45) is 8.63. The van der Waals surface area contributed by atoms with Crippen molar-refractivity contribution >= 4 is 5.97 Å². The predicted molar refractivity (Wildman–Crippen MR) is 48.8 cm³/mol. The predicted octanol–water partition coefficient (Wildman–Crippen LogP) is -0.588. The Balaban J connectivity index is 0. The zero-order valence-electron chi connectivity index (χ0n) is 9.58. The van der Waals surface area contributed by atoms with Crippen LogP contribution < -0.4 is 29.6 Å². The molecule has 0 N–H and O–H groups in total. The van der Waals surface area contributed by atoms with Crippen molar-refractivity contribution in [2.45, 2.75) is 32.6 Å². The van der Waals surface area contributed by atoms with E-state index in [2.05, 4.69) is 0 Å². The summed E-state index contributed by atoms with van der Waals surface area (Å²) < 4.78 is 4.78. The maximum Gasteiger partial charge on any atom is 1.00 e. The van der Waals surface area contributed by atoms with Crippen molar-refractivity contribution in [2.75, 3.05) is 6.61 Å². The molecule has 0 radical (unpaired) electrons. The van der Waals surface area contributed by atoms with Gasteiger partial charge in [0.2, 0.25) is 0 Å². The molecule has 1 aliphatic rings. The zero-order valence-corrected chi connectivity index (χ0v) is 10.6. The standard InChI is InChI=1S/C10H16O2.Na.H/c1-2-12-10(11)8-7-9-5-3-4-6-9;;/h7-9H,2-6H2,1H3;;/q;+1;-1/b8-7+;;. The second-order valence-corrected chi connectivity index (χ2v) is 3.16. The molecule has 0 aromatic carbocycles. The van der Waals surface area contributed by atoms with Gasteiger partial charge in [0.1, 0.15) is 0 Å². The Labute approximate surface area is 104 Å². The summed E-state index contributed by atoms with van der Waals surface area (Å²) in [5, 5.41) is 0. The number of allylic oxidation sites excluding steroid dienone is 1. The molecular formula is C10H17NaO2. The van der Waals surface area contributed by atoms with Gasteiger partial charge in [0, 0.05) is 6.08 Å². The molecule has 0 heterocycles. The molecule has 3 heteroatoms. The topological polar surface area (TPSA) is 26.3 Å². The van der Waals surface area contributed by atoms with Crippen LogP contribution in [-0.2, 0) is 9.53 Å². The van der Waals surface area contributed by atoms with Crippen LogP contribution >= 0.6 is 0 Å². The van der Waals surface area contributed by atoms with Crippen LogP contribution in [0.5, 0.6) is 0 Å². The summed E-state index contributed by atoms with van der Waals surface area (Å²) in [6.45, 7) is 2.29. The van der Waals surface area contributed by atoms with Gasteiger partial charge in [-0.1, -0.05) is 18.9 Å². The van der Waals surface area contributed by atoms with Crippen molar-refractivity contribution in [3.63, 3.8) is 0 Å². The van der Waals surface area contributed by atoms with Crippen LogP contribution in [0.2, 0.25) is 0 Å². The van der Waals surface area contributed by atoms with Crippen molar-refractivity contribution in [1.29, 1.82) is 0 Å². The van der Waals surface area contributed by atoms with Gasteiger partial charge in [-0.05, 0) is 25.7 Å². The van der Waals surface area contributed by atoms with Crippen molar-refractivity contribution in [3.8, 4) is 0 Å². The molecule has 0 unspecified atom stereocenters. The van der Waals surface area contributed by atoms with Crippen LogP contribution in [0, 0.1) is 5.92 Å². The molecule has 0 saturated heterocycles. The van der Waals surface area contributed by atoms with Gasteiger partial charge in [0.25, 0.3) is 0 Å². The number of carbonyl (C=O) groups excluding carboxylic acids is 1. The third kappa shape index (κ3) is 5.50. The largest absolute Gasteiger partial charge is 1.00 e. The summed E-state index contributed by atoms with van der Waals surface area (Å²) in [7, 11) is 0. The number of esters is 1. The zero-order chi connectivity index (χ0) is 8.81. The SMILES string of the molecule is CCOC(=O)/C=C/C1CCCC1.[H-].[Na+]. The summed E-state index contributed by atoms with van der Waals surface area (Å²) in [4.78, 5) is 10.9. The third-order valence-electron chi connectivity index (χ3n) is 2.19. The van der Waals surface area contributed by atoms with Gasteiger partial charge in [0.05, 0.1) is 6.61 Å². The Morgan fingerprint density at radius 2 is 2.15 bits per heavy atom. The summed E-state index contributed by atoms with van der Waals surface area (Å²) in [5.74, 6) is 0.416. The molecule has 1 aliphatic carbocycles. The molecular weight excluding hydrogens is 175 g/mol. The van der Waals surface area contributed by atoms with Gasteiger partial charge < -0.3 is 6.16 Å². The van der Waals surface area contributed by atoms with E-state index in [1.54, 1.807) is 6.08 Å². The van der Waals surface area contributed by atoms with Gasteiger partial charge in [-0.3, -0.25) is 0 Å². The molecule has 0 bridgehead atoms. The molecule has 1 rings (SSSR count). The van der Waals surface area contributed by atoms with Crippen molar-refractivity contribution < 1.29 is 40.5 Å². The van der Waals surface area contributed by atoms with Crippen LogP contribution in [-0.4, -0.2) is 12.6 Å². The first kappa shape index (κ1) is 13.2. The minimum atomic E-state index is -0.204. The molecule has 1 fully saturated rings. The molecule has 0 aliphatic heterocycles. The quantitative estimate of drug-likeness (QED) is 0.339. The number of hydrogen-bond acceptors (Lipinski definition) is 2. The fourth-order valence-corrected chi connectivity index (χ4v) is 1.55. The fraction of sp³-hybridized carbons (Fsp3) is 0.700. The molecule has 1 saturated carbocycles. The Morgan fingerprint density at radius 3 is 2.69 bits per heavy atom. The number of hydrogen-bond donors (Lipinski definition) is 0. The molecule has 0 aromatic heterocycles. The van der Waals surface area contributed by atoms with E-state index in [9.17, 15) is 4.79 Å². The molecule has 13 heavy (non-hydrogen) atoms. The number of ether oxygens (including phenoxy) is 1. The average Bonchev–Trinajstić information content (AvgIpc) is 2.53. The number of rotatable bonds is 3. The second kappa shape index (κ2) is 7.60. The van der Waals surface area contributed by atoms with E-state index in [1.807, 2.05) is 13.0 Å². The minimum absolute atomic E-state index is 0. The monoisotopic (exact) mass is 192 g/mol. The smallest absolute Gasteiger partial charge is 1.00 e. The van der Waals surface area contributed by atoms with Gasteiger partial charge >= 0.3 is 35.5 Å². The molecule has 70 valence electrons. The summed E-state index contributed by atoms with van der Waals surface area (Å²) >= 11 is 0. The van der Waals surface area contributed by atoms with E-state index in [1.165, 1.54) is 25.7 Å². The van der Waals surface area contributed by atoms with E-state index in [0.717, 1.165) is 0 Å². The Kier molecular flexibility index (Phi) is 7.72. The van der Waals surface area contributed by atoms with Crippen LogP contribution in [0.15, 0.2) is 12.2 Å². The third-order valence-corrected chi connectivity index (χ3v) is 2.19. The van der Waals surface area contributed by atoms with E-state index in [0.29, 0.717) is 12.5 Å². The first-order chi connectivity index (χ1) is 5.83. The number of carbonyl (C=O) groups is 1. The van der Waals surface area contributed by atoms with Gasteiger partial charge in [-0.2, -0.15) is 0 Å². The maximum atomic E-state index is 10.9. The van der Waals surface area contributed by atoms with Crippen LogP contribution in [0.3, 0.4) is 0 Å². The Bertz CT molecular complexity index is 177. The van der Waals surface area contributed by atoms with E-state index in [4.69, 9.17) is 4.74 Å². The van der Waals surface area contributed by atoms with Crippen LogP contribution in [0.1, 0.15) is 34.0 Å². The fourth-order valence-electron chi connectivity index (χ4n) is 1.55. The van der Waals surface area contributed by atoms with Crippen LogP contribution in [0.4, 0.5) is 0 Å². The average molecular weight is 192 g/mol. The molecule has 0 atom stereocenters. The van der Waals surface area contributed by atoms with E-state index < -0.39 is 0 Å². The Hall–Kier alpha value is 0.210. The van der Waals surface area contributed by atoms with Crippen molar-refractivity contribution in [3.05, 3.63) is 12.2 Å². The van der Waals surface area contributed by atoms with Gasteiger partial charge in [-0.15, -0.1) is 0 Å². The molecule has 0 aromatic rings. The Morgan fingerprint density at radius 1 is 1.54 bits per heavy atom. The molecule has 0 spiro atoms. The van der Waals surface area contributed by atoms with E-state index >= 15 is 0 Å². The van der Waals surface area contributed by atoms with E-state index in [-0.39, 0.29) is 37.0 Å². The van der Waals surface area contributed by atoms with Gasteiger partial charge in [-0.25, -0.2) is 4.79 Å². The first-order valence-corrected chi connectivity index (χ1v) is 4.68. The first-order valence-electron chi connectivity index (χ1n) is 4.68. The van der Waals surface area contributed by atoms with Gasteiger partial charge in [0.15, 0.2) is 0 Å². The van der Waals surface area contributed by atoms with Crippen molar-refractivity contribution in [1.82, 2.24) is 0 Å². The maximum absolute atomic E-state index is 10.9. The molecule has 0 amide bonds. The normalized spacial score (nSPS) is 17.3. The van der Waals surface area contributed by atoms with Crippen molar-refractivity contribution in [2.24, 2.45) is 5.92 Å². The summed E-state index contributed by atoms with van der Waals surface area (Å²) in [5.41, 5.74) is 0. The minimum Gasteiger partial charge on any atom is -1.00 e.